The minimum Gasteiger partial charge on any atom is -0.298 e. The molecule has 0 aromatic rings. The Hall–Kier alpha value is -0.590. The molecule has 1 aliphatic carbocycles. The molecule has 1 rings (SSSR count). The first-order valence-electron chi connectivity index (χ1n) is 6.12. The summed E-state index contributed by atoms with van der Waals surface area (Å²) in [5.74, 6) is 0.472. The molecule has 1 aliphatic rings. The normalized spacial score (nSPS) is 30.3. The van der Waals surface area contributed by atoms with Gasteiger partial charge in [0.15, 0.2) is 0 Å². The van der Waals surface area contributed by atoms with Crippen LogP contribution in [0.3, 0.4) is 0 Å². The molecule has 0 amide bonds. The van der Waals surface area contributed by atoms with E-state index in [0.29, 0.717) is 5.78 Å². The fourth-order valence-electron chi connectivity index (χ4n) is 2.56. The van der Waals surface area contributed by atoms with Crippen molar-refractivity contribution in [1.82, 2.24) is 0 Å². The predicted octanol–water partition coefficient (Wildman–Crippen LogP) is 4.13. The maximum absolute atomic E-state index is 12.2. The third-order valence-corrected chi connectivity index (χ3v) is 3.73. The summed E-state index contributed by atoms with van der Waals surface area (Å²) in [5, 5.41) is 0. The van der Waals surface area contributed by atoms with Crippen LogP contribution < -0.4 is 0 Å². The molecule has 0 spiro atoms. The lowest BCUT2D eigenvalue weighted by Gasteiger charge is -2.24. The first kappa shape index (κ1) is 12.5. The molecule has 0 aromatic heterocycles. The number of hydrogen-bond donors (Lipinski definition) is 0. The van der Waals surface area contributed by atoms with E-state index in [1.54, 1.807) is 0 Å². The zero-order valence-electron chi connectivity index (χ0n) is 10.6. The van der Waals surface area contributed by atoms with Crippen LogP contribution in [0.25, 0.3) is 0 Å². The van der Waals surface area contributed by atoms with Crippen LogP contribution in [0.4, 0.5) is 0 Å². The van der Waals surface area contributed by atoms with Gasteiger partial charge in [-0.3, -0.25) is 4.79 Å². The van der Waals surface area contributed by atoms with Gasteiger partial charge in [0.05, 0.1) is 0 Å². The van der Waals surface area contributed by atoms with Crippen LogP contribution in [0.15, 0.2) is 12.2 Å². The zero-order chi connectivity index (χ0) is 11.5. The molecule has 15 heavy (non-hydrogen) atoms. The van der Waals surface area contributed by atoms with E-state index in [0.717, 1.165) is 32.1 Å². The number of carbonyl (C=O) groups excluding carboxylic acids is 1. The lowest BCUT2D eigenvalue weighted by atomic mass is 9.78. The summed E-state index contributed by atoms with van der Waals surface area (Å²) in [5.41, 5.74) is -0.134. The Morgan fingerprint density at radius 2 is 1.87 bits per heavy atom. The summed E-state index contributed by atoms with van der Waals surface area (Å²) >= 11 is 0. The zero-order valence-corrected chi connectivity index (χ0v) is 10.6. The highest BCUT2D eigenvalue weighted by molar-refractivity contribution is 5.91. The van der Waals surface area contributed by atoms with E-state index in [-0.39, 0.29) is 10.8 Å². The summed E-state index contributed by atoms with van der Waals surface area (Å²) in [6.07, 6.45) is 9.69. The van der Waals surface area contributed by atoms with E-state index in [9.17, 15) is 4.79 Å². The molecule has 86 valence electrons. The molecule has 1 saturated carbocycles. The Balaban J connectivity index is 2.54. The second-order valence-corrected chi connectivity index (χ2v) is 5.69. The summed E-state index contributed by atoms with van der Waals surface area (Å²) in [4.78, 5) is 12.2. The van der Waals surface area contributed by atoms with Gasteiger partial charge in [-0.05, 0) is 32.1 Å². The predicted molar refractivity (Wildman–Crippen MR) is 64.8 cm³/mol. The number of rotatable bonds is 4. The number of ketones is 1. The molecule has 0 saturated heterocycles. The quantitative estimate of drug-likeness (QED) is 0.635. The van der Waals surface area contributed by atoms with Crippen LogP contribution in [0.5, 0.6) is 0 Å². The van der Waals surface area contributed by atoms with Crippen LogP contribution in [0.1, 0.15) is 59.8 Å². The number of hydrogen-bond acceptors (Lipinski definition) is 1. The van der Waals surface area contributed by atoms with E-state index >= 15 is 0 Å². The SMILES string of the molecule is CC/C=C\CCC1(C)CCC(C)(C)C1=O. The summed E-state index contributed by atoms with van der Waals surface area (Å²) < 4.78 is 0. The van der Waals surface area contributed by atoms with E-state index in [4.69, 9.17) is 0 Å². The summed E-state index contributed by atoms with van der Waals surface area (Å²) in [7, 11) is 0. The van der Waals surface area contributed by atoms with Crippen LogP contribution >= 0.6 is 0 Å². The average molecular weight is 208 g/mol. The molecule has 1 heteroatoms. The molecule has 0 heterocycles. The van der Waals surface area contributed by atoms with Crippen molar-refractivity contribution in [3.8, 4) is 0 Å². The van der Waals surface area contributed by atoms with Gasteiger partial charge in [0.2, 0.25) is 0 Å². The van der Waals surface area contributed by atoms with Crippen LogP contribution in [0.2, 0.25) is 0 Å². The lowest BCUT2D eigenvalue weighted by Crippen LogP contribution is -2.29. The van der Waals surface area contributed by atoms with Crippen LogP contribution in [-0.4, -0.2) is 5.78 Å². The van der Waals surface area contributed by atoms with Gasteiger partial charge in [-0.15, -0.1) is 0 Å². The minimum atomic E-state index is -0.0801. The van der Waals surface area contributed by atoms with Gasteiger partial charge in [0, 0.05) is 10.8 Å². The number of allylic oxidation sites excluding steroid dienone is 2. The van der Waals surface area contributed by atoms with Gasteiger partial charge >= 0.3 is 0 Å². The molecular formula is C14H24O. The third kappa shape index (κ3) is 2.70. The maximum Gasteiger partial charge on any atom is 0.144 e. The van der Waals surface area contributed by atoms with Crippen molar-refractivity contribution in [3.05, 3.63) is 12.2 Å². The first-order valence-corrected chi connectivity index (χ1v) is 6.12. The molecule has 0 N–H and O–H groups in total. The molecular weight excluding hydrogens is 184 g/mol. The van der Waals surface area contributed by atoms with E-state index in [1.807, 2.05) is 0 Å². The van der Waals surface area contributed by atoms with Crippen molar-refractivity contribution >= 4 is 5.78 Å². The van der Waals surface area contributed by atoms with Crippen molar-refractivity contribution in [2.45, 2.75) is 59.8 Å². The standard InChI is InChI=1S/C14H24O/c1-5-6-7-8-9-14(4)11-10-13(2,3)12(14)15/h6-7H,5,8-11H2,1-4H3/b7-6-. The molecule has 1 fully saturated rings. The Morgan fingerprint density at radius 1 is 1.20 bits per heavy atom. The van der Waals surface area contributed by atoms with Crippen LogP contribution in [-0.2, 0) is 4.79 Å². The van der Waals surface area contributed by atoms with Crippen molar-refractivity contribution in [3.63, 3.8) is 0 Å². The second kappa shape index (κ2) is 4.51. The largest absolute Gasteiger partial charge is 0.298 e. The first-order chi connectivity index (χ1) is 6.92. The second-order valence-electron chi connectivity index (χ2n) is 5.69. The van der Waals surface area contributed by atoms with Crippen molar-refractivity contribution in [2.24, 2.45) is 10.8 Å². The smallest absolute Gasteiger partial charge is 0.144 e. The highest BCUT2D eigenvalue weighted by Crippen LogP contribution is 2.47. The van der Waals surface area contributed by atoms with Gasteiger partial charge in [0.25, 0.3) is 0 Å². The summed E-state index contributed by atoms with van der Waals surface area (Å²) in [6, 6.07) is 0. The molecule has 0 aromatic carbocycles. The average Bonchev–Trinajstić information content (AvgIpc) is 2.39. The van der Waals surface area contributed by atoms with Gasteiger partial charge in [-0.2, -0.15) is 0 Å². The minimum absolute atomic E-state index is 0.0540. The van der Waals surface area contributed by atoms with Gasteiger partial charge < -0.3 is 0 Å². The number of carbonyl (C=O) groups is 1. The Labute approximate surface area is 93.9 Å². The highest BCUT2D eigenvalue weighted by Gasteiger charge is 2.47. The Kier molecular flexibility index (Phi) is 3.75. The van der Waals surface area contributed by atoms with E-state index in [2.05, 4.69) is 39.8 Å². The molecule has 1 atom stereocenters. The highest BCUT2D eigenvalue weighted by atomic mass is 16.1. The Morgan fingerprint density at radius 3 is 2.33 bits per heavy atom. The van der Waals surface area contributed by atoms with Crippen LogP contribution in [0, 0.1) is 10.8 Å². The Bertz CT molecular complexity index is 263. The molecule has 0 aliphatic heterocycles. The van der Waals surface area contributed by atoms with Gasteiger partial charge in [0.1, 0.15) is 5.78 Å². The third-order valence-electron chi connectivity index (χ3n) is 3.73. The summed E-state index contributed by atoms with van der Waals surface area (Å²) in [6.45, 7) is 8.46. The number of Topliss-reactive ketones (excluding diaryl/α,β-unsaturated/α-hetero) is 1. The van der Waals surface area contributed by atoms with Crippen molar-refractivity contribution in [1.29, 1.82) is 0 Å². The van der Waals surface area contributed by atoms with Gasteiger partial charge in [-0.1, -0.05) is 39.8 Å². The van der Waals surface area contributed by atoms with E-state index in [1.165, 1.54) is 0 Å². The van der Waals surface area contributed by atoms with E-state index < -0.39 is 0 Å². The fourth-order valence-corrected chi connectivity index (χ4v) is 2.56. The van der Waals surface area contributed by atoms with Crippen molar-refractivity contribution in [2.75, 3.05) is 0 Å². The van der Waals surface area contributed by atoms with Gasteiger partial charge in [-0.25, -0.2) is 0 Å². The lowest BCUT2D eigenvalue weighted by molar-refractivity contribution is -0.132. The van der Waals surface area contributed by atoms with Crippen molar-refractivity contribution < 1.29 is 4.79 Å². The molecule has 1 nitrogen and oxygen atoms in total. The molecule has 0 bridgehead atoms. The molecule has 0 radical (unpaired) electrons. The topological polar surface area (TPSA) is 17.1 Å². The maximum atomic E-state index is 12.2. The fraction of sp³-hybridized carbons (Fsp3) is 0.786. The monoisotopic (exact) mass is 208 g/mol. The molecule has 1 unspecified atom stereocenters.